The lowest BCUT2D eigenvalue weighted by Crippen LogP contribution is -2.38. The summed E-state index contributed by atoms with van der Waals surface area (Å²) in [7, 11) is 0. The molecule has 2 aromatic heterocycles. The number of carbonyl (C=O) groups is 1. The minimum Gasteiger partial charge on any atom is -0.381 e. The van der Waals surface area contributed by atoms with Gasteiger partial charge in [-0.25, -0.2) is 9.37 Å². The van der Waals surface area contributed by atoms with Crippen LogP contribution in [-0.2, 0) is 22.6 Å². The van der Waals surface area contributed by atoms with Crippen molar-refractivity contribution in [2.24, 2.45) is 0 Å². The van der Waals surface area contributed by atoms with Crippen molar-refractivity contribution in [2.75, 3.05) is 19.8 Å². The average molecular weight is 340 g/mol. The lowest BCUT2D eigenvalue weighted by Gasteiger charge is -2.28. The van der Waals surface area contributed by atoms with Crippen LogP contribution in [0.1, 0.15) is 25.5 Å². The van der Waals surface area contributed by atoms with Gasteiger partial charge in [-0.1, -0.05) is 18.5 Å². The molecule has 0 saturated heterocycles. The van der Waals surface area contributed by atoms with Crippen molar-refractivity contribution in [3.8, 4) is 0 Å². The quantitative estimate of drug-likeness (QED) is 0.787. The Morgan fingerprint density at radius 3 is 3.04 bits per heavy atom. The Balaban J connectivity index is 1.73. The van der Waals surface area contributed by atoms with Gasteiger partial charge in [0, 0.05) is 25.4 Å². The molecule has 0 saturated carbocycles. The summed E-state index contributed by atoms with van der Waals surface area (Å²) in [6, 6.07) is 1.73. The molecule has 0 N–H and O–H groups in total. The van der Waals surface area contributed by atoms with Crippen molar-refractivity contribution in [1.29, 1.82) is 0 Å². The van der Waals surface area contributed by atoms with Gasteiger partial charge in [-0.15, -0.1) is 0 Å². The van der Waals surface area contributed by atoms with E-state index in [1.54, 1.807) is 11.0 Å². The van der Waals surface area contributed by atoms with E-state index in [1.165, 1.54) is 6.20 Å². The highest BCUT2D eigenvalue weighted by Crippen LogP contribution is 2.28. The predicted octanol–water partition coefficient (Wildman–Crippen LogP) is 2.99. The monoisotopic (exact) mass is 339 g/mol. The van der Waals surface area contributed by atoms with Crippen LogP contribution in [0.25, 0.3) is 11.0 Å². The second-order valence-corrected chi connectivity index (χ2v) is 6.03. The van der Waals surface area contributed by atoms with E-state index in [0.717, 1.165) is 12.1 Å². The minimum absolute atomic E-state index is 0.0152. The predicted molar refractivity (Wildman–Crippen MR) is 85.8 cm³/mol. The Kier molecular flexibility index (Phi) is 4.82. The zero-order chi connectivity index (χ0) is 16.4. The fraction of sp³-hybridized carbons (Fsp3) is 0.500. The van der Waals surface area contributed by atoms with Crippen molar-refractivity contribution < 1.29 is 13.9 Å². The molecule has 1 aliphatic rings. The van der Waals surface area contributed by atoms with Crippen LogP contribution in [0.5, 0.6) is 0 Å². The maximum Gasteiger partial charge on any atom is 0.225 e. The Hall–Kier alpha value is -1.66. The fourth-order valence-electron chi connectivity index (χ4n) is 2.85. The van der Waals surface area contributed by atoms with Gasteiger partial charge in [0.05, 0.1) is 36.2 Å². The molecule has 2 aromatic rings. The van der Waals surface area contributed by atoms with Crippen molar-refractivity contribution >= 4 is 28.5 Å². The molecule has 0 aromatic carbocycles. The Bertz CT molecular complexity index is 732. The van der Waals surface area contributed by atoms with Crippen LogP contribution in [0.4, 0.5) is 4.39 Å². The number of pyridine rings is 1. The highest BCUT2D eigenvalue weighted by atomic mass is 35.5. The number of ether oxygens (including phenoxy) is 1. The molecule has 0 unspecified atom stereocenters. The number of fused-ring (bicyclic) bond motifs is 3. The van der Waals surface area contributed by atoms with Gasteiger partial charge in [0.2, 0.25) is 5.91 Å². The summed E-state index contributed by atoms with van der Waals surface area (Å²) in [4.78, 5) is 18.2. The van der Waals surface area contributed by atoms with Crippen LogP contribution in [0, 0.1) is 5.82 Å². The molecule has 3 rings (SSSR count). The topological polar surface area (TPSA) is 47.4 Å². The molecule has 3 heterocycles. The van der Waals surface area contributed by atoms with Gasteiger partial charge in [0.25, 0.3) is 0 Å². The average Bonchev–Trinajstić information content (AvgIpc) is 2.93. The second-order valence-electron chi connectivity index (χ2n) is 5.62. The number of nitrogens with zero attached hydrogens (tertiary/aromatic N) is 3. The third-order valence-electron chi connectivity index (χ3n) is 4.01. The first-order valence-corrected chi connectivity index (χ1v) is 8.17. The van der Waals surface area contributed by atoms with Gasteiger partial charge in [-0.3, -0.25) is 4.79 Å². The second kappa shape index (κ2) is 6.84. The number of carbonyl (C=O) groups excluding carboxylic acids is 1. The molecule has 0 aliphatic carbocycles. The molecule has 23 heavy (non-hydrogen) atoms. The molecule has 5 nitrogen and oxygen atoms in total. The highest BCUT2D eigenvalue weighted by molar-refractivity contribution is 6.31. The van der Waals surface area contributed by atoms with Crippen LogP contribution in [-0.4, -0.2) is 40.1 Å². The lowest BCUT2D eigenvalue weighted by atomic mass is 10.2. The summed E-state index contributed by atoms with van der Waals surface area (Å²) in [6.07, 6.45) is 2.65. The van der Waals surface area contributed by atoms with Crippen LogP contribution in [0.3, 0.4) is 0 Å². The van der Waals surface area contributed by atoms with Gasteiger partial charge >= 0.3 is 0 Å². The molecule has 1 aliphatic heterocycles. The first-order chi connectivity index (χ1) is 11.1. The number of aromatic nitrogens is 2. The first-order valence-electron chi connectivity index (χ1n) is 7.79. The van der Waals surface area contributed by atoms with Crippen molar-refractivity contribution in [1.82, 2.24) is 14.5 Å². The number of hydrogen-bond acceptors (Lipinski definition) is 3. The summed E-state index contributed by atoms with van der Waals surface area (Å²) < 4.78 is 21.4. The molecule has 0 fully saturated rings. The van der Waals surface area contributed by atoms with Crippen molar-refractivity contribution in [3.63, 3.8) is 0 Å². The molecule has 124 valence electrons. The Labute approximate surface area is 139 Å². The summed E-state index contributed by atoms with van der Waals surface area (Å²) in [6.45, 7) is 4.81. The van der Waals surface area contributed by atoms with E-state index in [-0.39, 0.29) is 10.9 Å². The third-order valence-corrected chi connectivity index (χ3v) is 4.27. The van der Waals surface area contributed by atoms with E-state index < -0.39 is 5.82 Å². The van der Waals surface area contributed by atoms with E-state index >= 15 is 0 Å². The number of halogens is 2. The molecule has 0 spiro atoms. The normalized spacial score (nSPS) is 14.3. The maximum absolute atomic E-state index is 14.1. The largest absolute Gasteiger partial charge is 0.381 e. The SMILES string of the molecule is CCCOCCC(=O)N1CCn2c(cc3c(F)c(Cl)cnc32)C1. The van der Waals surface area contributed by atoms with Gasteiger partial charge < -0.3 is 14.2 Å². The van der Waals surface area contributed by atoms with Gasteiger partial charge in [0.15, 0.2) is 5.82 Å². The van der Waals surface area contributed by atoms with Gasteiger partial charge in [0.1, 0.15) is 5.65 Å². The summed E-state index contributed by atoms with van der Waals surface area (Å²) in [5.74, 6) is -0.395. The molecular weight excluding hydrogens is 321 g/mol. The lowest BCUT2D eigenvalue weighted by molar-refractivity contribution is -0.133. The molecule has 1 amide bonds. The number of rotatable bonds is 5. The molecular formula is C16H19ClFN3O2. The third kappa shape index (κ3) is 3.19. The van der Waals surface area contributed by atoms with E-state index in [1.807, 2.05) is 11.5 Å². The summed E-state index contributed by atoms with van der Waals surface area (Å²) in [5.41, 5.74) is 1.46. The summed E-state index contributed by atoms with van der Waals surface area (Å²) in [5, 5.41) is 0.425. The molecule has 0 bridgehead atoms. The van der Waals surface area contributed by atoms with Crippen LogP contribution < -0.4 is 0 Å². The number of amides is 1. The minimum atomic E-state index is -0.454. The van der Waals surface area contributed by atoms with E-state index in [9.17, 15) is 9.18 Å². The van der Waals surface area contributed by atoms with E-state index in [4.69, 9.17) is 16.3 Å². The standard InChI is InChI=1S/C16H19ClFN3O2/c1-2-6-23-7-3-14(22)20-4-5-21-11(10-20)8-12-15(18)13(17)9-19-16(12)21/h8-9H,2-7,10H2,1H3. The fourth-order valence-corrected chi connectivity index (χ4v) is 3.00. The zero-order valence-corrected chi connectivity index (χ0v) is 13.8. The van der Waals surface area contributed by atoms with Crippen molar-refractivity contribution in [3.05, 3.63) is 28.8 Å². The molecule has 0 radical (unpaired) electrons. The van der Waals surface area contributed by atoms with Crippen molar-refractivity contribution in [2.45, 2.75) is 32.9 Å². The molecule has 0 atom stereocenters. The van der Waals surface area contributed by atoms with Gasteiger partial charge in [-0.2, -0.15) is 0 Å². The van der Waals surface area contributed by atoms with Crippen LogP contribution in [0.2, 0.25) is 5.02 Å². The van der Waals surface area contributed by atoms with Crippen LogP contribution in [0.15, 0.2) is 12.3 Å². The Morgan fingerprint density at radius 2 is 2.26 bits per heavy atom. The van der Waals surface area contributed by atoms with E-state index in [2.05, 4.69) is 4.98 Å². The van der Waals surface area contributed by atoms with Crippen LogP contribution >= 0.6 is 11.6 Å². The Morgan fingerprint density at radius 1 is 1.43 bits per heavy atom. The molecule has 7 heteroatoms. The maximum atomic E-state index is 14.1. The van der Waals surface area contributed by atoms with E-state index in [0.29, 0.717) is 50.3 Å². The van der Waals surface area contributed by atoms with Gasteiger partial charge in [-0.05, 0) is 12.5 Å². The smallest absolute Gasteiger partial charge is 0.225 e. The number of hydrogen-bond donors (Lipinski definition) is 0. The first kappa shape index (κ1) is 16.2. The zero-order valence-electron chi connectivity index (χ0n) is 13.0. The highest BCUT2D eigenvalue weighted by Gasteiger charge is 2.24. The summed E-state index contributed by atoms with van der Waals surface area (Å²) >= 11 is 5.79.